The van der Waals surface area contributed by atoms with Crippen molar-refractivity contribution >= 4 is 11.8 Å². The molecule has 0 saturated carbocycles. The second-order valence-corrected chi connectivity index (χ2v) is 4.60. The van der Waals surface area contributed by atoms with Crippen molar-refractivity contribution in [2.75, 3.05) is 6.26 Å². The van der Waals surface area contributed by atoms with Crippen molar-refractivity contribution in [2.24, 2.45) is 5.73 Å². The van der Waals surface area contributed by atoms with Gasteiger partial charge in [-0.1, -0.05) is 12.1 Å². The minimum absolute atomic E-state index is 0.0357. The molecule has 0 amide bonds. The van der Waals surface area contributed by atoms with E-state index >= 15 is 0 Å². The highest BCUT2D eigenvalue weighted by Gasteiger charge is 2.07. The first-order chi connectivity index (χ1) is 7.79. The number of furan rings is 1. The summed E-state index contributed by atoms with van der Waals surface area (Å²) in [5, 5.41) is 0. The van der Waals surface area contributed by atoms with Gasteiger partial charge < -0.3 is 10.2 Å². The third kappa shape index (κ3) is 2.68. The lowest BCUT2D eigenvalue weighted by Crippen LogP contribution is -2.12. The third-order valence-electron chi connectivity index (χ3n) is 2.58. The summed E-state index contributed by atoms with van der Waals surface area (Å²) in [7, 11) is 0. The van der Waals surface area contributed by atoms with Crippen LogP contribution in [0, 0.1) is 0 Å². The van der Waals surface area contributed by atoms with Crippen LogP contribution in [0.4, 0.5) is 0 Å². The highest BCUT2D eigenvalue weighted by atomic mass is 32.2. The Morgan fingerprint density at radius 1 is 1.25 bits per heavy atom. The van der Waals surface area contributed by atoms with Gasteiger partial charge in [-0.25, -0.2) is 0 Å². The van der Waals surface area contributed by atoms with E-state index in [9.17, 15) is 0 Å². The average molecular weight is 233 g/mol. The van der Waals surface area contributed by atoms with Gasteiger partial charge in [0.15, 0.2) is 0 Å². The predicted molar refractivity (Wildman–Crippen MR) is 67.6 cm³/mol. The van der Waals surface area contributed by atoms with Crippen LogP contribution in [0.3, 0.4) is 0 Å². The molecule has 0 aliphatic heterocycles. The van der Waals surface area contributed by atoms with Crippen LogP contribution in [-0.4, -0.2) is 6.26 Å². The Morgan fingerprint density at radius 2 is 2.00 bits per heavy atom. The van der Waals surface area contributed by atoms with Crippen LogP contribution in [0.2, 0.25) is 0 Å². The summed E-state index contributed by atoms with van der Waals surface area (Å²) in [5.41, 5.74) is 8.44. The van der Waals surface area contributed by atoms with Crippen LogP contribution in [0.5, 0.6) is 0 Å². The number of hydrogen-bond acceptors (Lipinski definition) is 3. The topological polar surface area (TPSA) is 39.2 Å². The van der Waals surface area contributed by atoms with E-state index in [-0.39, 0.29) is 6.04 Å². The molecule has 0 aliphatic carbocycles. The molecule has 16 heavy (non-hydrogen) atoms. The Morgan fingerprint density at radius 3 is 2.56 bits per heavy atom. The summed E-state index contributed by atoms with van der Waals surface area (Å²) in [6, 6.07) is 10.4. The SMILES string of the molecule is CSc1ccc(C(N)Cc2ccoc2)cc1. The van der Waals surface area contributed by atoms with Crippen molar-refractivity contribution < 1.29 is 4.42 Å². The minimum Gasteiger partial charge on any atom is -0.472 e. The molecule has 1 unspecified atom stereocenters. The molecule has 2 rings (SSSR count). The Balaban J connectivity index is 2.05. The zero-order chi connectivity index (χ0) is 11.4. The molecule has 0 spiro atoms. The molecule has 1 heterocycles. The van der Waals surface area contributed by atoms with Crippen LogP contribution < -0.4 is 5.73 Å². The summed E-state index contributed by atoms with van der Waals surface area (Å²) >= 11 is 1.74. The quantitative estimate of drug-likeness (QED) is 0.824. The molecular weight excluding hydrogens is 218 g/mol. The van der Waals surface area contributed by atoms with Crippen LogP contribution in [-0.2, 0) is 6.42 Å². The van der Waals surface area contributed by atoms with E-state index in [1.165, 1.54) is 10.5 Å². The molecule has 0 fully saturated rings. The van der Waals surface area contributed by atoms with Gasteiger partial charge in [0.25, 0.3) is 0 Å². The molecule has 2 N–H and O–H groups in total. The van der Waals surface area contributed by atoms with Crippen LogP contribution in [0.1, 0.15) is 17.2 Å². The van der Waals surface area contributed by atoms with Crippen molar-refractivity contribution in [2.45, 2.75) is 17.4 Å². The van der Waals surface area contributed by atoms with Crippen molar-refractivity contribution in [1.82, 2.24) is 0 Å². The van der Waals surface area contributed by atoms with Gasteiger partial charge in [0.2, 0.25) is 0 Å². The molecule has 0 bridgehead atoms. The molecule has 1 aromatic heterocycles. The fourth-order valence-electron chi connectivity index (χ4n) is 1.63. The van der Waals surface area contributed by atoms with E-state index in [0.29, 0.717) is 0 Å². The Kier molecular flexibility index (Phi) is 3.70. The fraction of sp³-hybridized carbons (Fsp3) is 0.231. The van der Waals surface area contributed by atoms with Crippen molar-refractivity contribution in [3.8, 4) is 0 Å². The first kappa shape index (κ1) is 11.3. The molecule has 0 radical (unpaired) electrons. The van der Waals surface area contributed by atoms with E-state index < -0.39 is 0 Å². The second-order valence-electron chi connectivity index (χ2n) is 3.72. The van der Waals surface area contributed by atoms with Crippen LogP contribution >= 0.6 is 11.8 Å². The van der Waals surface area contributed by atoms with Crippen molar-refractivity contribution in [1.29, 1.82) is 0 Å². The van der Waals surface area contributed by atoms with Gasteiger partial charge in [-0.15, -0.1) is 11.8 Å². The molecule has 2 aromatic rings. The lowest BCUT2D eigenvalue weighted by molar-refractivity contribution is 0.561. The first-order valence-electron chi connectivity index (χ1n) is 5.20. The lowest BCUT2D eigenvalue weighted by Gasteiger charge is -2.11. The molecule has 1 atom stereocenters. The summed E-state index contributed by atoms with van der Waals surface area (Å²) in [6.45, 7) is 0. The summed E-state index contributed by atoms with van der Waals surface area (Å²) < 4.78 is 5.03. The van der Waals surface area contributed by atoms with Gasteiger partial charge in [-0.05, 0) is 42.0 Å². The maximum absolute atomic E-state index is 6.13. The van der Waals surface area contributed by atoms with Gasteiger partial charge in [-0.3, -0.25) is 0 Å². The first-order valence-corrected chi connectivity index (χ1v) is 6.42. The van der Waals surface area contributed by atoms with E-state index in [2.05, 4.69) is 30.5 Å². The number of rotatable bonds is 4. The monoisotopic (exact) mass is 233 g/mol. The fourth-order valence-corrected chi connectivity index (χ4v) is 2.04. The molecule has 2 nitrogen and oxygen atoms in total. The minimum atomic E-state index is 0.0357. The van der Waals surface area contributed by atoms with E-state index in [4.69, 9.17) is 10.2 Å². The summed E-state index contributed by atoms with van der Waals surface area (Å²) in [4.78, 5) is 1.26. The third-order valence-corrected chi connectivity index (χ3v) is 3.32. The van der Waals surface area contributed by atoms with Crippen molar-refractivity contribution in [3.63, 3.8) is 0 Å². The van der Waals surface area contributed by atoms with Gasteiger partial charge in [0.05, 0.1) is 12.5 Å². The van der Waals surface area contributed by atoms with Crippen LogP contribution in [0.15, 0.2) is 52.2 Å². The highest BCUT2D eigenvalue weighted by molar-refractivity contribution is 7.98. The van der Waals surface area contributed by atoms with E-state index in [0.717, 1.165) is 12.0 Å². The zero-order valence-corrected chi connectivity index (χ0v) is 10.0. The molecule has 0 aliphatic rings. The summed E-state index contributed by atoms with van der Waals surface area (Å²) in [6.07, 6.45) is 6.31. The number of thioether (sulfide) groups is 1. The predicted octanol–water partition coefficient (Wildman–Crippen LogP) is 3.24. The Hall–Kier alpha value is -1.19. The molecule has 1 aromatic carbocycles. The highest BCUT2D eigenvalue weighted by Crippen LogP contribution is 2.20. The molecular formula is C13H15NOS. The lowest BCUT2D eigenvalue weighted by atomic mass is 10.0. The second kappa shape index (κ2) is 5.23. The van der Waals surface area contributed by atoms with E-state index in [1.54, 1.807) is 24.3 Å². The molecule has 84 valence electrons. The van der Waals surface area contributed by atoms with Gasteiger partial charge in [0.1, 0.15) is 0 Å². The molecule has 0 saturated heterocycles. The van der Waals surface area contributed by atoms with E-state index in [1.807, 2.05) is 6.07 Å². The molecule has 3 heteroatoms. The maximum atomic E-state index is 6.13. The largest absolute Gasteiger partial charge is 0.472 e. The Labute approximate surface area is 99.8 Å². The van der Waals surface area contributed by atoms with Crippen LogP contribution in [0.25, 0.3) is 0 Å². The standard InChI is InChI=1S/C13H15NOS/c1-16-12-4-2-11(3-5-12)13(14)8-10-6-7-15-9-10/h2-7,9,13H,8,14H2,1H3. The summed E-state index contributed by atoms with van der Waals surface area (Å²) in [5.74, 6) is 0. The van der Waals surface area contributed by atoms with Crippen molar-refractivity contribution in [3.05, 3.63) is 54.0 Å². The maximum Gasteiger partial charge on any atom is 0.0935 e. The smallest absolute Gasteiger partial charge is 0.0935 e. The van der Waals surface area contributed by atoms with Gasteiger partial charge >= 0.3 is 0 Å². The number of nitrogens with two attached hydrogens (primary N) is 1. The number of hydrogen-bond donors (Lipinski definition) is 1. The normalized spacial score (nSPS) is 12.6. The average Bonchev–Trinajstić information content (AvgIpc) is 2.82. The number of benzene rings is 1. The zero-order valence-electron chi connectivity index (χ0n) is 9.22. The Bertz CT molecular complexity index is 422. The van der Waals surface area contributed by atoms with Gasteiger partial charge in [0, 0.05) is 10.9 Å². The van der Waals surface area contributed by atoms with Gasteiger partial charge in [-0.2, -0.15) is 0 Å².